The molecule has 1 fully saturated rings. The van der Waals surface area contributed by atoms with E-state index in [1.165, 1.54) is 0 Å². The van der Waals surface area contributed by atoms with Gasteiger partial charge in [0.05, 0.1) is 6.26 Å². The van der Waals surface area contributed by atoms with Gasteiger partial charge in [-0.05, 0) is 89.9 Å². The van der Waals surface area contributed by atoms with E-state index >= 15 is 0 Å². The van der Waals surface area contributed by atoms with Crippen LogP contribution in [-0.4, -0.2) is 81.7 Å². The van der Waals surface area contributed by atoms with Crippen molar-refractivity contribution in [3.63, 3.8) is 0 Å². The van der Waals surface area contributed by atoms with Crippen molar-refractivity contribution in [1.82, 2.24) is 31.1 Å². The van der Waals surface area contributed by atoms with E-state index in [1.54, 1.807) is 0 Å². The number of carbonyl (C=O) groups excluding carboxylic acids is 6. The number of hydroxylamine groups is 2. The molecule has 0 radical (unpaired) electrons. The summed E-state index contributed by atoms with van der Waals surface area (Å²) < 4.78 is 23.7. The van der Waals surface area contributed by atoms with Crippen molar-refractivity contribution in [3.05, 3.63) is 24.3 Å². The van der Waals surface area contributed by atoms with E-state index in [1.807, 2.05) is 4.72 Å². The first-order valence-electron chi connectivity index (χ1n) is 22.3. The number of urea groups is 2. The average molecular weight is 855 g/mol. The Balaban J connectivity index is 0.00000115. The third-order valence-corrected chi connectivity index (χ3v) is 9.75. The molecule has 15 nitrogen and oxygen atoms in total. The highest BCUT2D eigenvalue weighted by Gasteiger charge is 2.32. The van der Waals surface area contributed by atoms with Gasteiger partial charge in [0.1, 0.15) is 0 Å². The summed E-state index contributed by atoms with van der Waals surface area (Å²) in [5, 5.41) is 12.1. The minimum atomic E-state index is -3.43. The van der Waals surface area contributed by atoms with Crippen LogP contribution in [0.5, 0.6) is 0 Å². The summed E-state index contributed by atoms with van der Waals surface area (Å²) in [4.78, 5) is 73.6. The Morgan fingerprint density at radius 2 is 0.898 bits per heavy atom. The Morgan fingerprint density at radius 1 is 0.542 bits per heavy atom. The standard InChI is InChI=1S/C23H39N3O5.C20H39N3O4S/c1-2-3-13-18-24-23(30)25-19-14-11-9-7-5-4-6-8-10-12-15-22(29)31-26-20(27)16-17-21(26)28;1-3-4-14-17-21-20(25)22-18-15-12-10-8-6-5-7-9-11-13-16-19(24)23-28(2,26)27/h5,7H,2-4,6,8-19H2,1H3,(H2,24,25,30);6,8H,3-5,7,9-18H2,1-2H3,(H,23,24)(H2,21,22,25)/b7-5-;8-6-. The predicted octanol–water partition coefficient (Wildman–Crippen LogP) is 7.77. The molecule has 0 aromatic heterocycles. The molecule has 0 aromatic rings. The molecule has 0 bridgehead atoms. The van der Waals surface area contributed by atoms with E-state index in [9.17, 15) is 37.2 Å². The third kappa shape index (κ3) is 38.0. The fraction of sp³-hybridized carbons (Fsp3) is 0.767. The van der Waals surface area contributed by atoms with E-state index in [2.05, 4.69) is 59.4 Å². The molecule has 0 unspecified atom stereocenters. The van der Waals surface area contributed by atoms with Crippen LogP contribution >= 0.6 is 0 Å². The normalized spacial score (nSPS) is 12.7. The Kier molecular flexibility index (Phi) is 35.7. The minimum Gasteiger partial charge on any atom is -0.338 e. The van der Waals surface area contributed by atoms with Gasteiger partial charge in [-0.2, -0.15) is 0 Å². The summed E-state index contributed by atoms with van der Waals surface area (Å²) in [5.41, 5.74) is 0. The van der Waals surface area contributed by atoms with Crippen LogP contribution in [0.2, 0.25) is 0 Å². The molecule has 1 aliphatic heterocycles. The molecule has 1 rings (SSSR count). The lowest BCUT2D eigenvalue weighted by Gasteiger charge is -2.12. The second-order valence-corrected chi connectivity index (χ2v) is 16.7. The number of allylic oxidation sites excluding steroid dienone is 4. The largest absolute Gasteiger partial charge is 0.338 e. The summed E-state index contributed by atoms with van der Waals surface area (Å²) in [6.07, 6.45) is 32.7. The Labute approximate surface area is 355 Å². The molecule has 0 atom stereocenters. The van der Waals surface area contributed by atoms with Crippen LogP contribution in [-0.2, 0) is 34.0 Å². The first kappa shape index (κ1) is 55.0. The van der Waals surface area contributed by atoms with Crippen LogP contribution in [0.3, 0.4) is 0 Å². The summed E-state index contributed by atoms with van der Waals surface area (Å²) in [5.74, 6) is -1.83. The number of hydrogen-bond acceptors (Lipinski definition) is 9. The molecule has 1 aliphatic rings. The maximum absolute atomic E-state index is 11.7. The van der Waals surface area contributed by atoms with Crippen molar-refractivity contribution in [2.75, 3.05) is 32.4 Å². The van der Waals surface area contributed by atoms with Gasteiger partial charge in [-0.15, -0.1) is 5.06 Å². The van der Waals surface area contributed by atoms with Crippen LogP contribution in [0.15, 0.2) is 24.3 Å². The average Bonchev–Trinajstić information content (AvgIpc) is 3.50. The highest BCUT2D eigenvalue weighted by atomic mass is 32.2. The number of imide groups is 1. The molecule has 7 amide bonds. The van der Waals surface area contributed by atoms with Gasteiger partial charge in [0, 0.05) is 51.9 Å². The fourth-order valence-corrected chi connectivity index (χ4v) is 6.29. The Morgan fingerprint density at radius 3 is 1.29 bits per heavy atom. The quantitative estimate of drug-likeness (QED) is 0.0243. The van der Waals surface area contributed by atoms with E-state index < -0.39 is 33.7 Å². The maximum atomic E-state index is 11.7. The molecule has 16 heteroatoms. The summed E-state index contributed by atoms with van der Waals surface area (Å²) >= 11 is 0. The minimum absolute atomic E-state index is 0.0690. The smallest absolute Gasteiger partial charge is 0.333 e. The van der Waals surface area contributed by atoms with Gasteiger partial charge in [-0.25, -0.2) is 22.8 Å². The lowest BCUT2D eigenvalue weighted by molar-refractivity contribution is -0.197. The molecule has 0 spiro atoms. The molecular weight excluding hydrogens is 777 g/mol. The number of unbranched alkanes of at least 4 members (excludes halogenated alkanes) is 16. The summed E-state index contributed by atoms with van der Waals surface area (Å²) in [6.45, 7) is 7.19. The second-order valence-electron chi connectivity index (χ2n) is 15.0. The van der Waals surface area contributed by atoms with Crippen molar-refractivity contribution >= 4 is 45.8 Å². The lowest BCUT2D eigenvalue weighted by Crippen LogP contribution is -2.36. The van der Waals surface area contributed by atoms with Crippen LogP contribution in [0.4, 0.5) is 9.59 Å². The molecule has 0 saturated carbocycles. The van der Waals surface area contributed by atoms with Crippen LogP contribution < -0.4 is 26.0 Å². The summed E-state index contributed by atoms with van der Waals surface area (Å²) in [7, 11) is -3.43. The number of amides is 7. The van der Waals surface area contributed by atoms with E-state index in [0.717, 1.165) is 148 Å². The van der Waals surface area contributed by atoms with Crippen molar-refractivity contribution < 1.29 is 42.0 Å². The topological polar surface area (TPSA) is 209 Å². The SMILES string of the molecule is CCCCCNC(=O)NCCCC/C=C\CCCCCCC(=O)NS(C)(=O)=O.CCCCCNC(=O)NCCCC/C=C\CCCCCCC(=O)ON1C(=O)CCC1=O. The zero-order valence-corrected chi connectivity index (χ0v) is 37.4. The molecular formula is C43H78N6O9S. The molecule has 5 N–H and O–H groups in total. The zero-order valence-electron chi connectivity index (χ0n) is 36.6. The lowest BCUT2D eigenvalue weighted by atomic mass is 10.1. The predicted molar refractivity (Wildman–Crippen MR) is 233 cm³/mol. The summed E-state index contributed by atoms with van der Waals surface area (Å²) in [6, 6.07) is -0.140. The van der Waals surface area contributed by atoms with E-state index in [-0.39, 0.29) is 37.7 Å². The number of carbonyl (C=O) groups is 6. The van der Waals surface area contributed by atoms with Crippen LogP contribution in [0.1, 0.15) is 181 Å². The highest BCUT2D eigenvalue weighted by Crippen LogP contribution is 2.14. The van der Waals surface area contributed by atoms with Gasteiger partial charge in [-0.1, -0.05) is 89.5 Å². The molecule has 1 saturated heterocycles. The molecule has 0 aliphatic carbocycles. The van der Waals surface area contributed by atoms with E-state index in [0.29, 0.717) is 31.0 Å². The van der Waals surface area contributed by atoms with Gasteiger partial charge >= 0.3 is 18.0 Å². The van der Waals surface area contributed by atoms with Gasteiger partial charge < -0.3 is 26.1 Å². The van der Waals surface area contributed by atoms with Crippen molar-refractivity contribution in [2.24, 2.45) is 0 Å². The monoisotopic (exact) mass is 855 g/mol. The number of nitrogens with zero attached hydrogens (tertiary/aromatic N) is 1. The number of sulfonamides is 1. The van der Waals surface area contributed by atoms with Gasteiger partial charge in [0.15, 0.2) is 0 Å². The fourth-order valence-electron chi connectivity index (χ4n) is 5.78. The van der Waals surface area contributed by atoms with E-state index in [4.69, 9.17) is 4.84 Å². The molecule has 340 valence electrons. The first-order valence-corrected chi connectivity index (χ1v) is 24.2. The van der Waals surface area contributed by atoms with Crippen LogP contribution in [0, 0.1) is 0 Å². The Bertz CT molecular complexity index is 1320. The Hall–Kier alpha value is -3.95. The van der Waals surface area contributed by atoms with Crippen molar-refractivity contribution in [3.8, 4) is 0 Å². The molecule has 1 heterocycles. The third-order valence-electron chi connectivity index (χ3n) is 9.16. The first-order chi connectivity index (χ1) is 28.4. The van der Waals surface area contributed by atoms with Gasteiger partial charge in [-0.3, -0.25) is 19.1 Å². The highest BCUT2D eigenvalue weighted by molar-refractivity contribution is 7.89. The zero-order chi connectivity index (χ0) is 43.8. The van der Waals surface area contributed by atoms with Crippen molar-refractivity contribution in [1.29, 1.82) is 0 Å². The molecule has 0 aromatic carbocycles. The number of nitrogens with one attached hydrogen (secondary N) is 5. The van der Waals surface area contributed by atoms with Gasteiger partial charge in [0.2, 0.25) is 15.9 Å². The molecule has 59 heavy (non-hydrogen) atoms. The maximum Gasteiger partial charge on any atom is 0.333 e. The number of rotatable bonds is 34. The van der Waals surface area contributed by atoms with Gasteiger partial charge in [0.25, 0.3) is 11.8 Å². The van der Waals surface area contributed by atoms with Crippen LogP contribution in [0.25, 0.3) is 0 Å². The number of hydrogen-bond donors (Lipinski definition) is 5. The van der Waals surface area contributed by atoms with Crippen molar-refractivity contribution in [2.45, 2.75) is 181 Å². The second kappa shape index (κ2) is 38.3.